The van der Waals surface area contributed by atoms with Crippen LogP contribution in [0.15, 0.2) is 16.8 Å². The average molecular weight is 350 g/mol. The smallest absolute Gasteiger partial charge is 0.252 e. The molecule has 2 saturated heterocycles. The summed E-state index contributed by atoms with van der Waals surface area (Å²) in [6, 6.07) is 2.03. The molecule has 3 rings (SSSR count). The molecule has 2 aliphatic rings. The van der Waals surface area contributed by atoms with Gasteiger partial charge in [0.15, 0.2) is 0 Å². The van der Waals surface area contributed by atoms with Gasteiger partial charge < -0.3 is 15.5 Å². The minimum absolute atomic E-state index is 0.00642. The van der Waals surface area contributed by atoms with Crippen LogP contribution in [0.2, 0.25) is 0 Å². The Morgan fingerprint density at radius 3 is 2.62 bits per heavy atom. The highest BCUT2D eigenvalue weighted by Gasteiger charge is 2.24. The minimum atomic E-state index is 0.00642. The monoisotopic (exact) mass is 349 g/mol. The van der Waals surface area contributed by atoms with Gasteiger partial charge in [-0.15, -0.1) is 0 Å². The Morgan fingerprint density at radius 1 is 1.21 bits per heavy atom. The number of nitrogens with one attached hydrogen (secondary N) is 2. The SMILES string of the molecule is O=C(NC1CCN(C(=O)CCC2CCNCC2)CC1)c1ccsc1. The first-order valence-electron chi connectivity index (χ1n) is 9.04. The second-order valence-electron chi connectivity index (χ2n) is 6.87. The van der Waals surface area contributed by atoms with Crippen molar-refractivity contribution >= 4 is 23.2 Å². The van der Waals surface area contributed by atoms with Crippen LogP contribution in [0.1, 0.15) is 48.9 Å². The Hall–Kier alpha value is -1.40. The molecule has 132 valence electrons. The van der Waals surface area contributed by atoms with Crippen LogP contribution in [0.3, 0.4) is 0 Å². The lowest BCUT2D eigenvalue weighted by molar-refractivity contribution is -0.132. The van der Waals surface area contributed by atoms with Gasteiger partial charge in [0.05, 0.1) is 0 Å². The number of likely N-dealkylation sites (tertiary alicyclic amines) is 1. The molecule has 0 spiro atoms. The van der Waals surface area contributed by atoms with Gasteiger partial charge in [0.1, 0.15) is 0 Å². The number of carbonyl (C=O) groups is 2. The van der Waals surface area contributed by atoms with Crippen molar-refractivity contribution in [2.24, 2.45) is 5.92 Å². The molecule has 1 aromatic heterocycles. The van der Waals surface area contributed by atoms with Crippen molar-refractivity contribution in [1.82, 2.24) is 15.5 Å². The highest BCUT2D eigenvalue weighted by atomic mass is 32.1. The van der Waals surface area contributed by atoms with E-state index in [1.165, 1.54) is 24.2 Å². The number of thiophene rings is 1. The summed E-state index contributed by atoms with van der Waals surface area (Å²) in [7, 11) is 0. The topological polar surface area (TPSA) is 61.4 Å². The highest BCUT2D eigenvalue weighted by Crippen LogP contribution is 2.20. The zero-order valence-electron chi connectivity index (χ0n) is 14.1. The van der Waals surface area contributed by atoms with Crippen LogP contribution >= 0.6 is 11.3 Å². The predicted octanol–water partition coefficient (Wildman–Crippen LogP) is 2.25. The van der Waals surface area contributed by atoms with Crippen LogP contribution in [0.5, 0.6) is 0 Å². The fourth-order valence-corrected chi connectivity index (χ4v) is 4.23. The number of nitrogens with zero attached hydrogens (tertiary/aromatic N) is 1. The molecule has 3 heterocycles. The van der Waals surface area contributed by atoms with E-state index in [-0.39, 0.29) is 17.9 Å². The molecule has 5 nitrogen and oxygen atoms in total. The lowest BCUT2D eigenvalue weighted by Gasteiger charge is -2.33. The number of carbonyl (C=O) groups excluding carboxylic acids is 2. The molecule has 2 amide bonds. The summed E-state index contributed by atoms with van der Waals surface area (Å²) in [5.41, 5.74) is 0.737. The first kappa shape index (κ1) is 17.4. The van der Waals surface area contributed by atoms with E-state index in [0.29, 0.717) is 12.3 Å². The molecule has 0 aliphatic carbocycles. The van der Waals surface area contributed by atoms with Gasteiger partial charge in [0, 0.05) is 36.5 Å². The van der Waals surface area contributed by atoms with Crippen molar-refractivity contribution in [2.75, 3.05) is 26.2 Å². The summed E-state index contributed by atoms with van der Waals surface area (Å²) < 4.78 is 0. The van der Waals surface area contributed by atoms with Crippen LogP contribution in [-0.4, -0.2) is 48.9 Å². The van der Waals surface area contributed by atoms with E-state index in [2.05, 4.69) is 10.6 Å². The van der Waals surface area contributed by atoms with E-state index in [1.807, 2.05) is 21.7 Å². The molecule has 2 N–H and O–H groups in total. The zero-order valence-corrected chi connectivity index (χ0v) is 14.9. The summed E-state index contributed by atoms with van der Waals surface area (Å²) in [4.78, 5) is 26.4. The third-order valence-electron chi connectivity index (χ3n) is 5.19. The molecule has 1 aromatic rings. The maximum atomic E-state index is 12.4. The molecule has 0 saturated carbocycles. The van der Waals surface area contributed by atoms with Crippen molar-refractivity contribution in [2.45, 2.75) is 44.6 Å². The molecule has 2 fully saturated rings. The normalized spacial score (nSPS) is 20.1. The van der Waals surface area contributed by atoms with Gasteiger partial charge >= 0.3 is 0 Å². The fourth-order valence-electron chi connectivity index (χ4n) is 3.59. The van der Waals surface area contributed by atoms with E-state index in [1.54, 1.807) is 0 Å². The van der Waals surface area contributed by atoms with Gasteiger partial charge in [-0.2, -0.15) is 11.3 Å². The second kappa shape index (κ2) is 8.62. The lowest BCUT2D eigenvalue weighted by atomic mass is 9.93. The molecule has 24 heavy (non-hydrogen) atoms. The van der Waals surface area contributed by atoms with Crippen molar-refractivity contribution in [3.05, 3.63) is 22.4 Å². The van der Waals surface area contributed by atoms with E-state index in [9.17, 15) is 9.59 Å². The first-order chi connectivity index (χ1) is 11.7. The summed E-state index contributed by atoms with van der Waals surface area (Å²) in [5, 5.41) is 10.2. The molecule has 0 bridgehead atoms. The van der Waals surface area contributed by atoms with E-state index >= 15 is 0 Å². The maximum absolute atomic E-state index is 12.4. The van der Waals surface area contributed by atoms with Crippen LogP contribution < -0.4 is 10.6 Å². The Kier molecular flexibility index (Phi) is 6.26. The minimum Gasteiger partial charge on any atom is -0.349 e. The summed E-state index contributed by atoms with van der Waals surface area (Å²) >= 11 is 1.53. The highest BCUT2D eigenvalue weighted by molar-refractivity contribution is 7.08. The number of piperidine rings is 2. The van der Waals surface area contributed by atoms with Crippen molar-refractivity contribution in [1.29, 1.82) is 0 Å². The largest absolute Gasteiger partial charge is 0.349 e. The average Bonchev–Trinajstić information content (AvgIpc) is 3.16. The van der Waals surface area contributed by atoms with Crippen molar-refractivity contribution in [3.8, 4) is 0 Å². The van der Waals surface area contributed by atoms with Crippen LogP contribution in [0.4, 0.5) is 0 Å². The van der Waals surface area contributed by atoms with Crippen molar-refractivity contribution in [3.63, 3.8) is 0 Å². The third kappa shape index (κ3) is 4.80. The number of hydrogen-bond donors (Lipinski definition) is 2. The maximum Gasteiger partial charge on any atom is 0.252 e. The Morgan fingerprint density at radius 2 is 1.96 bits per heavy atom. The molecular formula is C18H27N3O2S. The molecular weight excluding hydrogens is 322 g/mol. The number of rotatable bonds is 5. The lowest BCUT2D eigenvalue weighted by Crippen LogP contribution is -2.46. The number of hydrogen-bond acceptors (Lipinski definition) is 4. The Bertz CT molecular complexity index is 532. The van der Waals surface area contributed by atoms with Gasteiger partial charge in [-0.1, -0.05) is 0 Å². The molecule has 2 aliphatic heterocycles. The first-order valence-corrected chi connectivity index (χ1v) is 9.98. The Labute approximate surface area is 147 Å². The molecule has 0 radical (unpaired) electrons. The molecule has 0 unspecified atom stereocenters. The standard InChI is InChI=1S/C18H27N3O2S/c22-17(2-1-14-3-8-19-9-4-14)21-10-5-16(6-11-21)20-18(23)15-7-12-24-13-15/h7,12-14,16,19H,1-6,8-11H2,(H,20,23). The summed E-state index contributed by atoms with van der Waals surface area (Å²) in [5.74, 6) is 1.00. The molecule has 0 atom stereocenters. The van der Waals surface area contributed by atoms with E-state index < -0.39 is 0 Å². The summed E-state index contributed by atoms with van der Waals surface area (Å²) in [6.45, 7) is 3.71. The fraction of sp³-hybridized carbons (Fsp3) is 0.667. The van der Waals surface area contributed by atoms with Crippen LogP contribution in [-0.2, 0) is 4.79 Å². The van der Waals surface area contributed by atoms with Gasteiger partial charge in [-0.25, -0.2) is 0 Å². The van der Waals surface area contributed by atoms with Gasteiger partial charge in [-0.05, 0) is 62.6 Å². The van der Waals surface area contributed by atoms with Gasteiger partial charge in [0.2, 0.25) is 5.91 Å². The van der Waals surface area contributed by atoms with E-state index in [0.717, 1.165) is 51.0 Å². The summed E-state index contributed by atoms with van der Waals surface area (Å²) in [6.07, 6.45) is 5.81. The van der Waals surface area contributed by atoms with Gasteiger partial charge in [-0.3, -0.25) is 9.59 Å². The second-order valence-corrected chi connectivity index (χ2v) is 7.65. The van der Waals surface area contributed by atoms with Crippen molar-refractivity contribution < 1.29 is 9.59 Å². The third-order valence-corrected chi connectivity index (χ3v) is 5.87. The number of amides is 2. The predicted molar refractivity (Wildman–Crippen MR) is 96.2 cm³/mol. The van der Waals surface area contributed by atoms with Crippen LogP contribution in [0, 0.1) is 5.92 Å². The van der Waals surface area contributed by atoms with E-state index in [4.69, 9.17) is 0 Å². The Balaban J connectivity index is 1.36. The molecule has 0 aromatic carbocycles. The molecule has 6 heteroatoms. The van der Waals surface area contributed by atoms with Gasteiger partial charge in [0.25, 0.3) is 5.91 Å². The van der Waals surface area contributed by atoms with Crippen LogP contribution in [0.25, 0.3) is 0 Å². The zero-order chi connectivity index (χ0) is 16.8. The quantitative estimate of drug-likeness (QED) is 0.857.